The Morgan fingerprint density at radius 1 is 1.10 bits per heavy atom. The lowest BCUT2D eigenvalue weighted by Gasteiger charge is -2.07. The van der Waals surface area contributed by atoms with E-state index in [1.165, 1.54) is 0 Å². The number of pyridine rings is 1. The number of hydrogen-bond donors (Lipinski definition) is 0. The first-order valence-electron chi connectivity index (χ1n) is 6.45. The van der Waals surface area contributed by atoms with Gasteiger partial charge in [0.1, 0.15) is 0 Å². The molecule has 0 unspecified atom stereocenters. The molecule has 0 aliphatic carbocycles. The molecule has 2 aromatic carbocycles. The molecule has 104 valence electrons. The molecule has 2 nitrogen and oxygen atoms in total. The topological polar surface area (TPSA) is 30.0 Å². The van der Waals surface area contributed by atoms with Gasteiger partial charge in [-0.15, -0.1) is 0 Å². The van der Waals surface area contributed by atoms with Crippen LogP contribution in [0.25, 0.3) is 10.8 Å². The Morgan fingerprint density at radius 3 is 2.76 bits per heavy atom. The maximum Gasteiger partial charge on any atom is 0.167 e. The number of Topliss-reactive ketones (excluding diaryl/α,β-unsaturated/α-hetero) is 1. The Labute approximate surface area is 132 Å². The SMILES string of the molecule is O=C(Cc1ccc(Cl)cc1Cl)c1cccc2cnccc12. The summed E-state index contributed by atoms with van der Waals surface area (Å²) in [6.07, 6.45) is 3.69. The molecule has 1 aromatic heterocycles. The number of rotatable bonds is 3. The third-order valence-electron chi connectivity index (χ3n) is 3.35. The Balaban J connectivity index is 1.97. The fraction of sp³-hybridized carbons (Fsp3) is 0.0588. The van der Waals surface area contributed by atoms with Gasteiger partial charge in [-0.05, 0) is 29.1 Å². The van der Waals surface area contributed by atoms with Gasteiger partial charge in [0.15, 0.2) is 5.78 Å². The molecule has 1 heterocycles. The number of carbonyl (C=O) groups is 1. The molecule has 0 spiro atoms. The lowest BCUT2D eigenvalue weighted by Crippen LogP contribution is -2.05. The van der Waals surface area contributed by atoms with Crippen molar-refractivity contribution in [2.24, 2.45) is 0 Å². The van der Waals surface area contributed by atoms with Crippen molar-refractivity contribution in [1.29, 1.82) is 0 Å². The summed E-state index contributed by atoms with van der Waals surface area (Å²) < 4.78 is 0. The molecule has 0 N–H and O–H groups in total. The Kier molecular flexibility index (Phi) is 3.91. The lowest BCUT2D eigenvalue weighted by molar-refractivity contribution is 0.0994. The third-order valence-corrected chi connectivity index (χ3v) is 3.93. The zero-order valence-electron chi connectivity index (χ0n) is 11.0. The van der Waals surface area contributed by atoms with Gasteiger partial charge in [-0.25, -0.2) is 0 Å². The van der Waals surface area contributed by atoms with Crippen molar-refractivity contribution in [3.63, 3.8) is 0 Å². The molecule has 3 aromatic rings. The maximum atomic E-state index is 12.6. The van der Waals surface area contributed by atoms with Gasteiger partial charge < -0.3 is 0 Å². The van der Waals surface area contributed by atoms with Crippen molar-refractivity contribution >= 4 is 39.8 Å². The second kappa shape index (κ2) is 5.84. The van der Waals surface area contributed by atoms with Crippen LogP contribution in [0.3, 0.4) is 0 Å². The van der Waals surface area contributed by atoms with Crippen LogP contribution >= 0.6 is 23.2 Å². The average Bonchev–Trinajstić information content (AvgIpc) is 2.49. The molecule has 0 amide bonds. The van der Waals surface area contributed by atoms with Crippen molar-refractivity contribution < 1.29 is 4.79 Å². The van der Waals surface area contributed by atoms with E-state index in [0.717, 1.165) is 16.3 Å². The van der Waals surface area contributed by atoms with Gasteiger partial charge in [-0.2, -0.15) is 0 Å². The highest BCUT2D eigenvalue weighted by Crippen LogP contribution is 2.24. The molecular weight excluding hydrogens is 305 g/mol. The van der Waals surface area contributed by atoms with E-state index in [9.17, 15) is 4.79 Å². The fourth-order valence-corrected chi connectivity index (χ4v) is 2.77. The molecule has 0 radical (unpaired) electrons. The predicted octanol–water partition coefficient (Wildman–Crippen LogP) is 4.97. The van der Waals surface area contributed by atoms with E-state index in [2.05, 4.69) is 4.98 Å². The first-order chi connectivity index (χ1) is 10.1. The zero-order chi connectivity index (χ0) is 14.8. The number of benzene rings is 2. The van der Waals surface area contributed by atoms with E-state index in [1.807, 2.05) is 24.3 Å². The maximum absolute atomic E-state index is 12.6. The molecule has 4 heteroatoms. The molecule has 0 aliphatic rings. The molecule has 0 saturated heterocycles. The van der Waals surface area contributed by atoms with E-state index in [0.29, 0.717) is 15.6 Å². The summed E-state index contributed by atoms with van der Waals surface area (Å²) in [7, 11) is 0. The van der Waals surface area contributed by atoms with Gasteiger partial charge in [0.25, 0.3) is 0 Å². The molecule has 0 aliphatic heterocycles. The van der Waals surface area contributed by atoms with Gasteiger partial charge in [0.05, 0.1) is 0 Å². The number of halogens is 2. The van der Waals surface area contributed by atoms with Crippen LogP contribution < -0.4 is 0 Å². The molecule has 0 fully saturated rings. The van der Waals surface area contributed by atoms with E-state index >= 15 is 0 Å². The third kappa shape index (κ3) is 2.92. The Hall–Kier alpha value is -1.90. The van der Waals surface area contributed by atoms with Crippen LogP contribution in [0.5, 0.6) is 0 Å². The lowest BCUT2D eigenvalue weighted by atomic mass is 9.98. The van der Waals surface area contributed by atoms with Crippen LogP contribution in [0.15, 0.2) is 54.9 Å². The highest BCUT2D eigenvalue weighted by atomic mass is 35.5. The van der Waals surface area contributed by atoms with E-state index in [-0.39, 0.29) is 12.2 Å². The van der Waals surface area contributed by atoms with Gasteiger partial charge in [-0.1, -0.05) is 47.5 Å². The molecule has 0 atom stereocenters. The second-order valence-electron chi connectivity index (χ2n) is 4.74. The normalized spacial score (nSPS) is 10.8. The van der Waals surface area contributed by atoms with Crippen molar-refractivity contribution in [3.05, 3.63) is 76.0 Å². The summed E-state index contributed by atoms with van der Waals surface area (Å²) in [6, 6.07) is 12.7. The minimum absolute atomic E-state index is 0.0241. The first kappa shape index (κ1) is 14.1. The Morgan fingerprint density at radius 2 is 1.95 bits per heavy atom. The van der Waals surface area contributed by atoms with Crippen molar-refractivity contribution in [3.8, 4) is 0 Å². The second-order valence-corrected chi connectivity index (χ2v) is 5.58. The van der Waals surface area contributed by atoms with Gasteiger partial charge in [-0.3, -0.25) is 9.78 Å². The van der Waals surface area contributed by atoms with Crippen LogP contribution in [-0.2, 0) is 6.42 Å². The molecule has 21 heavy (non-hydrogen) atoms. The quantitative estimate of drug-likeness (QED) is 0.639. The van der Waals surface area contributed by atoms with Crippen molar-refractivity contribution in [2.45, 2.75) is 6.42 Å². The van der Waals surface area contributed by atoms with Crippen molar-refractivity contribution in [2.75, 3.05) is 0 Å². The van der Waals surface area contributed by atoms with Gasteiger partial charge in [0.2, 0.25) is 0 Å². The predicted molar refractivity (Wildman–Crippen MR) is 86.2 cm³/mol. The molecule has 3 rings (SSSR count). The summed E-state index contributed by atoms with van der Waals surface area (Å²) in [5, 5.41) is 2.93. The molecule has 0 saturated carbocycles. The molecule has 0 bridgehead atoms. The van der Waals surface area contributed by atoms with Crippen LogP contribution in [-0.4, -0.2) is 10.8 Å². The Bertz CT molecular complexity index is 825. The van der Waals surface area contributed by atoms with Gasteiger partial charge >= 0.3 is 0 Å². The summed E-state index contributed by atoms with van der Waals surface area (Å²) in [4.78, 5) is 16.6. The van der Waals surface area contributed by atoms with Crippen LogP contribution in [0.4, 0.5) is 0 Å². The highest BCUT2D eigenvalue weighted by Gasteiger charge is 2.12. The minimum atomic E-state index is 0.0241. The smallest absolute Gasteiger partial charge is 0.167 e. The van der Waals surface area contributed by atoms with Crippen molar-refractivity contribution in [1.82, 2.24) is 4.98 Å². The number of carbonyl (C=O) groups excluding carboxylic acids is 1. The van der Waals surface area contributed by atoms with E-state index in [1.54, 1.807) is 30.6 Å². The number of fused-ring (bicyclic) bond motifs is 1. The fourth-order valence-electron chi connectivity index (χ4n) is 2.30. The summed E-state index contributed by atoms with van der Waals surface area (Å²) in [5.41, 5.74) is 1.46. The summed E-state index contributed by atoms with van der Waals surface area (Å²) >= 11 is 12.0. The minimum Gasteiger partial charge on any atom is -0.294 e. The van der Waals surface area contributed by atoms with E-state index in [4.69, 9.17) is 23.2 Å². The first-order valence-corrected chi connectivity index (χ1v) is 7.20. The number of aromatic nitrogens is 1. The number of hydrogen-bond acceptors (Lipinski definition) is 2. The average molecular weight is 316 g/mol. The van der Waals surface area contributed by atoms with E-state index < -0.39 is 0 Å². The standard InChI is InChI=1S/C17H11Cl2NO/c18-13-5-4-11(16(19)9-13)8-17(21)15-3-1-2-12-10-20-7-6-14(12)15/h1-7,9-10H,8H2. The summed E-state index contributed by atoms with van der Waals surface area (Å²) in [6.45, 7) is 0. The zero-order valence-corrected chi connectivity index (χ0v) is 12.5. The van der Waals surface area contributed by atoms with Crippen LogP contribution in [0, 0.1) is 0 Å². The van der Waals surface area contributed by atoms with Crippen LogP contribution in [0.1, 0.15) is 15.9 Å². The monoisotopic (exact) mass is 315 g/mol. The van der Waals surface area contributed by atoms with Gasteiger partial charge in [0, 0.05) is 39.8 Å². The molecular formula is C17H11Cl2NO. The number of ketones is 1. The number of nitrogens with zero attached hydrogens (tertiary/aromatic N) is 1. The summed E-state index contributed by atoms with van der Waals surface area (Å²) in [5.74, 6) is 0.0241. The van der Waals surface area contributed by atoms with Crippen LogP contribution in [0.2, 0.25) is 10.0 Å². The largest absolute Gasteiger partial charge is 0.294 e. The highest BCUT2D eigenvalue weighted by molar-refractivity contribution is 6.35.